The fourth-order valence-corrected chi connectivity index (χ4v) is 11.0. The molecule has 0 aliphatic carbocycles. The Morgan fingerprint density at radius 1 is 0.301 bits per heavy atom. The number of benzene rings is 6. The molecular formula is C60H46N6O4S3. The number of fused-ring (bicyclic) bond motifs is 2. The Hall–Kier alpha value is -8.62. The van der Waals surface area contributed by atoms with Crippen molar-refractivity contribution in [2.24, 2.45) is 20.4 Å². The minimum absolute atomic E-state index is 0.472. The normalized spacial score (nSPS) is 13.4. The summed E-state index contributed by atoms with van der Waals surface area (Å²) < 4.78 is 24.4. The van der Waals surface area contributed by atoms with Crippen LogP contribution in [0.25, 0.3) is 24.3 Å². The average Bonchev–Trinajstić information content (AvgIpc) is 4.17. The Morgan fingerprint density at radius 3 is 0.945 bits per heavy atom. The molecule has 10 nitrogen and oxygen atoms in total. The maximum atomic E-state index is 6.10. The number of rotatable bonds is 16. The number of hydrogen-bond acceptors (Lipinski definition) is 13. The van der Waals surface area contributed by atoms with Crippen LogP contribution in [-0.2, 0) is 0 Å². The first-order valence-electron chi connectivity index (χ1n) is 23.6. The molecule has 0 unspecified atom stereocenters. The van der Waals surface area contributed by atoms with Gasteiger partial charge in [0, 0.05) is 43.9 Å². The highest BCUT2D eigenvalue weighted by atomic mass is 32.1. The van der Waals surface area contributed by atoms with Crippen molar-refractivity contribution in [1.29, 1.82) is 0 Å². The molecule has 0 amide bonds. The van der Waals surface area contributed by atoms with Crippen LogP contribution in [0.4, 0.5) is 34.1 Å². The molecule has 0 fully saturated rings. The van der Waals surface area contributed by atoms with E-state index in [1.165, 1.54) is 0 Å². The molecule has 0 bridgehead atoms. The molecule has 0 saturated carbocycles. The highest BCUT2D eigenvalue weighted by Gasteiger charge is 2.24. The van der Waals surface area contributed by atoms with E-state index in [-0.39, 0.29) is 0 Å². The molecule has 73 heavy (non-hydrogen) atoms. The molecule has 0 radical (unpaired) electrons. The molecule has 3 aromatic heterocycles. The van der Waals surface area contributed by atoms with Crippen LogP contribution in [0.2, 0.25) is 0 Å². The van der Waals surface area contributed by atoms with Crippen molar-refractivity contribution in [3.05, 3.63) is 222 Å². The third kappa shape index (κ3) is 11.1. The Balaban J connectivity index is 0.730. The molecule has 5 heterocycles. The minimum Gasteiger partial charge on any atom is -0.485 e. The molecule has 9 aromatic rings. The molecule has 11 rings (SSSR count). The first-order chi connectivity index (χ1) is 36.2. The molecule has 0 saturated heterocycles. The molecule has 0 atom stereocenters. The average molecular weight is 1010 g/mol. The second-order valence-electron chi connectivity index (χ2n) is 16.5. The van der Waals surface area contributed by atoms with Crippen molar-refractivity contribution in [2.45, 2.75) is 0 Å². The van der Waals surface area contributed by atoms with Crippen LogP contribution >= 0.6 is 34.0 Å². The number of thiophene rings is 3. The second kappa shape index (κ2) is 22.6. The van der Waals surface area contributed by atoms with Gasteiger partial charge >= 0.3 is 0 Å². The van der Waals surface area contributed by atoms with Crippen molar-refractivity contribution in [2.75, 3.05) is 36.2 Å². The van der Waals surface area contributed by atoms with Gasteiger partial charge in [-0.25, -0.2) is 0 Å². The summed E-state index contributed by atoms with van der Waals surface area (Å²) in [6.45, 7) is 1.91. The summed E-state index contributed by atoms with van der Waals surface area (Å²) in [4.78, 5) is 10.2. The van der Waals surface area contributed by atoms with Gasteiger partial charge in [-0.2, -0.15) is 20.4 Å². The van der Waals surface area contributed by atoms with Crippen molar-refractivity contribution in [3.8, 4) is 23.0 Å². The number of ether oxygens (including phenoxy) is 4. The predicted octanol–water partition coefficient (Wildman–Crippen LogP) is 15.6. The van der Waals surface area contributed by atoms with Gasteiger partial charge in [-0.05, 0) is 120 Å². The van der Waals surface area contributed by atoms with Gasteiger partial charge in [0.15, 0.2) is 23.0 Å². The molecule has 358 valence electrons. The first-order valence-corrected chi connectivity index (χ1v) is 26.1. The Bertz CT molecular complexity index is 3150. The van der Waals surface area contributed by atoms with Crippen LogP contribution in [0.5, 0.6) is 23.0 Å². The quantitative estimate of drug-likeness (QED) is 0.0707. The molecule has 2 aliphatic rings. The monoisotopic (exact) mass is 1010 g/mol. The van der Waals surface area contributed by atoms with Gasteiger partial charge in [0.25, 0.3) is 0 Å². The van der Waals surface area contributed by atoms with Gasteiger partial charge in [0.1, 0.15) is 26.4 Å². The van der Waals surface area contributed by atoms with E-state index in [1.54, 1.807) is 58.9 Å². The van der Waals surface area contributed by atoms with Crippen LogP contribution in [-0.4, -0.2) is 51.3 Å². The largest absolute Gasteiger partial charge is 0.485 e. The van der Waals surface area contributed by atoms with Gasteiger partial charge in [-0.15, -0.1) is 34.0 Å². The van der Waals surface area contributed by atoms with Crippen molar-refractivity contribution in [3.63, 3.8) is 0 Å². The highest BCUT2D eigenvalue weighted by molar-refractivity contribution is 7.16. The van der Waals surface area contributed by atoms with E-state index in [0.29, 0.717) is 37.9 Å². The molecule has 0 spiro atoms. The van der Waals surface area contributed by atoms with Crippen LogP contribution < -0.4 is 28.7 Å². The smallest absolute Gasteiger partial charge is 0.181 e. The van der Waals surface area contributed by atoms with Crippen molar-refractivity contribution in [1.82, 2.24) is 0 Å². The lowest BCUT2D eigenvalue weighted by molar-refractivity contribution is 0.173. The minimum atomic E-state index is 0.472. The fraction of sp³-hybridized carbons (Fsp3) is 0.0667. The van der Waals surface area contributed by atoms with Gasteiger partial charge in [-0.3, -0.25) is 0 Å². The van der Waals surface area contributed by atoms with E-state index < -0.39 is 0 Å². The van der Waals surface area contributed by atoms with Gasteiger partial charge < -0.3 is 28.7 Å². The van der Waals surface area contributed by atoms with E-state index in [9.17, 15) is 0 Å². The van der Waals surface area contributed by atoms with E-state index in [0.717, 1.165) is 86.0 Å². The molecule has 0 N–H and O–H groups in total. The third-order valence-corrected chi connectivity index (χ3v) is 14.7. The maximum Gasteiger partial charge on any atom is 0.181 e. The Kier molecular flexibility index (Phi) is 14.5. The number of anilines is 6. The van der Waals surface area contributed by atoms with Crippen LogP contribution in [0.1, 0.15) is 40.4 Å². The molecular weight excluding hydrogens is 965 g/mol. The van der Waals surface area contributed by atoms with E-state index in [1.807, 2.05) is 97.1 Å². The predicted molar refractivity (Wildman–Crippen MR) is 305 cm³/mol. The van der Waals surface area contributed by atoms with E-state index in [4.69, 9.17) is 18.9 Å². The van der Waals surface area contributed by atoms with Crippen LogP contribution in [0, 0.1) is 0 Å². The summed E-state index contributed by atoms with van der Waals surface area (Å²) >= 11 is 4.80. The summed E-state index contributed by atoms with van der Waals surface area (Å²) in [5.74, 6) is 2.84. The Labute approximate surface area is 435 Å². The first kappa shape index (κ1) is 46.7. The van der Waals surface area contributed by atoms with E-state index >= 15 is 0 Å². The summed E-state index contributed by atoms with van der Waals surface area (Å²) in [5.41, 5.74) is 8.31. The number of nitrogens with zero attached hydrogens (tertiary/aromatic N) is 6. The summed E-state index contributed by atoms with van der Waals surface area (Å²) in [6, 6.07) is 62.1. The Morgan fingerprint density at radius 2 is 0.603 bits per heavy atom. The van der Waals surface area contributed by atoms with E-state index in [2.05, 4.69) is 139 Å². The van der Waals surface area contributed by atoms with Crippen LogP contribution in [0.3, 0.4) is 0 Å². The fourth-order valence-electron chi connectivity index (χ4n) is 8.24. The van der Waals surface area contributed by atoms with Crippen molar-refractivity contribution >= 4 is 117 Å². The lowest BCUT2D eigenvalue weighted by atomic mass is 10.1. The van der Waals surface area contributed by atoms with Crippen LogP contribution in [0.15, 0.2) is 202 Å². The van der Waals surface area contributed by atoms with Crippen molar-refractivity contribution < 1.29 is 18.9 Å². The zero-order valence-electron chi connectivity index (χ0n) is 39.3. The standard InChI is InChI=1S/C60H46N6O4S3/c1-5-13-45(14-6-1)65(46-15-7-2-8-16-46)49-25-21-43(22-26-49)39-61-63-41-55-59-57(67-35-37-69-59)53(72-55)33-31-51-29-30-52(71-51)32-34-54-58-60(70-38-36-68-58)56(73-54)42-64-62-40-44-23-27-50(28-24-44)66(47-17-9-3-10-18-47)48-19-11-4-12-20-48/h1-34,39-42H,35-38H2. The zero-order valence-corrected chi connectivity index (χ0v) is 41.8. The van der Waals surface area contributed by atoms with Gasteiger partial charge in [0.2, 0.25) is 0 Å². The summed E-state index contributed by atoms with van der Waals surface area (Å²) in [7, 11) is 0. The second-order valence-corrected chi connectivity index (χ2v) is 19.8. The third-order valence-electron chi connectivity index (χ3n) is 11.6. The maximum absolute atomic E-state index is 6.10. The SMILES string of the molecule is C(=Cc1sc(C=NN=Cc2ccc(N(c3ccccc3)c3ccccc3)cc2)c2c1OCCO2)c1ccc(C=Cc2sc(C=NN=Cc3ccc(N(c4ccccc4)c4ccccc4)cc3)c3c2OCCO3)s1. The van der Waals surface area contributed by atoms with Gasteiger partial charge in [-0.1, -0.05) is 97.1 Å². The van der Waals surface area contributed by atoms with Gasteiger partial charge in [0.05, 0.1) is 44.4 Å². The summed E-state index contributed by atoms with van der Waals surface area (Å²) in [6.07, 6.45) is 15.3. The summed E-state index contributed by atoms with van der Waals surface area (Å²) in [5, 5.41) is 17.6. The molecule has 6 aromatic carbocycles. The zero-order chi connectivity index (χ0) is 49.0. The number of para-hydroxylation sites is 4. The molecule has 2 aliphatic heterocycles. The topological polar surface area (TPSA) is 92.8 Å². The molecule has 13 heteroatoms. The lowest BCUT2D eigenvalue weighted by Gasteiger charge is -2.25. The lowest BCUT2D eigenvalue weighted by Crippen LogP contribution is -2.15. The number of hydrogen-bond donors (Lipinski definition) is 0. The highest BCUT2D eigenvalue weighted by Crippen LogP contribution is 2.46.